The average Bonchev–Trinajstić information content (AvgIpc) is 3.07. The first-order chi connectivity index (χ1) is 12.5. The predicted molar refractivity (Wildman–Crippen MR) is 90.3 cm³/mol. The van der Waals surface area contributed by atoms with Crippen molar-refractivity contribution >= 4 is 62.2 Å². The van der Waals surface area contributed by atoms with Crippen LogP contribution in [0.5, 0.6) is 0 Å². The number of rotatable bonds is 6. The first kappa shape index (κ1) is 23.8. The molecule has 2 aromatic rings. The molecular weight excluding hydrogens is 435 g/mol. The van der Waals surface area contributed by atoms with E-state index in [0.717, 1.165) is 6.33 Å². The van der Waals surface area contributed by atoms with Gasteiger partial charge in [-0.3, -0.25) is 13.6 Å². The summed E-state index contributed by atoms with van der Waals surface area (Å²) in [5.74, 6) is 0.0335. The van der Waals surface area contributed by atoms with E-state index >= 15 is 0 Å². The fourth-order valence-corrected chi connectivity index (χ4v) is 3.47. The summed E-state index contributed by atoms with van der Waals surface area (Å²) in [6.07, 6.45) is -3.78. The number of anilines is 1. The van der Waals surface area contributed by atoms with E-state index in [9.17, 15) is 14.2 Å². The van der Waals surface area contributed by atoms with Gasteiger partial charge in [0.05, 0.1) is 12.9 Å². The molecule has 1 aliphatic heterocycles. The Hall–Kier alpha value is -0.510. The van der Waals surface area contributed by atoms with Crippen molar-refractivity contribution in [1.82, 2.24) is 19.5 Å². The maximum atomic E-state index is 11.3. The average molecular weight is 450 g/mol. The van der Waals surface area contributed by atoms with Crippen molar-refractivity contribution in [3.05, 3.63) is 12.7 Å². The molecule has 1 radical (unpaired) electrons. The number of nitrogens with two attached hydrogens (primary N) is 1. The van der Waals surface area contributed by atoms with E-state index in [0.29, 0.717) is 0 Å². The second-order valence-electron chi connectivity index (χ2n) is 5.49. The van der Waals surface area contributed by atoms with Crippen LogP contribution in [0.2, 0.25) is 0 Å². The van der Waals surface area contributed by atoms with Crippen molar-refractivity contribution in [3.8, 4) is 0 Å². The first-order valence-corrected chi connectivity index (χ1v) is 10.2. The molecule has 15 nitrogen and oxygen atoms in total. The van der Waals surface area contributed by atoms with Crippen LogP contribution in [0.1, 0.15) is 6.23 Å². The summed E-state index contributed by atoms with van der Waals surface area (Å²) in [7, 11) is -9.94. The van der Waals surface area contributed by atoms with Gasteiger partial charge in [0, 0.05) is 29.6 Å². The monoisotopic (exact) mass is 450 g/mol. The number of nitrogens with zero attached hydrogens (tertiary/aromatic N) is 4. The van der Waals surface area contributed by atoms with Crippen molar-refractivity contribution in [2.75, 3.05) is 12.3 Å². The second kappa shape index (κ2) is 8.70. The summed E-state index contributed by atoms with van der Waals surface area (Å²) >= 11 is 0. The summed E-state index contributed by atoms with van der Waals surface area (Å²) < 4.78 is 37.7. The normalized spacial score (nSPS) is 25.8. The summed E-state index contributed by atoms with van der Waals surface area (Å²) in [5, 5.41) is 10.3. The Bertz CT molecular complexity index is 932. The number of aliphatic hydroxyl groups is 1. The largest absolute Gasteiger partial charge is 0.470 e. The van der Waals surface area contributed by atoms with Gasteiger partial charge in [-0.25, -0.2) is 24.1 Å². The maximum absolute atomic E-state index is 11.3. The van der Waals surface area contributed by atoms with Crippen molar-refractivity contribution in [1.29, 1.82) is 0 Å². The minimum atomic E-state index is -5.06. The number of phosphoric ester groups is 2. The Balaban J connectivity index is 0.00000280. The van der Waals surface area contributed by atoms with Crippen LogP contribution in [-0.2, 0) is 22.9 Å². The van der Waals surface area contributed by atoms with Gasteiger partial charge in [0.25, 0.3) is 0 Å². The molecule has 2 aromatic heterocycles. The molecule has 0 spiro atoms. The Labute approximate surface area is 178 Å². The van der Waals surface area contributed by atoms with E-state index in [2.05, 4.69) is 24.0 Å². The third-order valence-electron chi connectivity index (χ3n) is 3.64. The standard InChI is InChI=1S/C10H15N5O10P2.Na/c11-8-5-9(13-2-12-8)15(3-14-5)10-7(25-27(20,21)22)6(16)4(24-10)1-23-26(17,18)19;/h2-4,6-7,10,16H,1H2,(H2,11,12,13)(H2,17,18,19)(H2,20,21,22);. The molecule has 0 saturated carbocycles. The van der Waals surface area contributed by atoms with Gasteiger partial charge in [-0.15, -0.1) is 0 Å². The molecule has 3 rings (SSSR count). The minimum Gasteiger partial charge on any atom is -0.387 e. The van der Waals surface area contributed by atoms with Crippen LogP contribution in [0, 0.1) is 0 Å². The van der Waals surface area contributed by atoms with Gasteiger partial charge in [0.15, 0.2) is 17.7 Å². The molecule has 18 heteroatoms. The third kappa shape index (κ3) is 5.34. The van der Waals surface area contributed by atoms with Crippen LogP contribution in [0.3, 0.4) is 0 Å². The van der Waals surface area contributed by atoms with Gasteiger partial charge < -0.3 is 35.2 Å². The van der Waals surface area contributed by atoms with E-state index in [1.807, 2.05) is 0 Å². The molecule has 0 amide bonds. The van der Waals surface area contributed by atoms with Gasteiger partial charge in [-0.2, -0.15) is 0 Å². The molecule has 0 bridgehead atoms. The zero-order valence-electron chi connectivity index (χ0n) is 14.2. The van der Waals surface area contributed by atoms with Crippen LogP contribution in [-0.4, -0.2) is 98.7 Å². The molecule has 1 aliphatic rings. The molecule has 0 aromatic carbocycles. The van der Waals surface area contributed by atoms with Gasteiger partial charge in [0.2, 0.25) is 0 Å². The minimum absolute atomic E-state index is 0. The van der Waals surface area contributed by atoms with Gasteiger partial charge in [-0.1, -0.05) is 0 Å². The van der Waals surface area contributed by atoms with Crippen molar-refractivity contribution in [2.45, 2.75) is 24.5 Å². The van der Waals surface area contributed by atoms with Crippen molar-refractivity contribution in [3.63, 3.8) is 0 Å². The van der Waals surface area contributed by atoms with Crippen LogP contribution in [0.25, 0.3) is 11.2 Å². The molecular formula is C10H15N5NaO10P2. The van der Waals surface area contributed by atoms with Gasteiger partial charge in [0.1, 0.15) is 30.2 Å². The van der Waals surface area contributed by atoms with E-state index in [-0.39, 0.29) is 46.5 Å². The zero-order valence-corrected chi connectivity index (χ0v) is 18.0. The van der Waals surface area contributed by atoms with E-state index in [1.54, 1.807) is 0 Å². The molecule has 4 atom stereocenters. The topological polar surface area (TPSA) is 233 Å². The van der Waals surface area contributed by atoms with Gasteiger partial charge >= 0.3 is 15.6 Å². The summed E-state index contributed by atoms with van der Waals surface area (Å²) in [5.41, 5.74) is 5.96. The summed E-state index contributed by atoms with van der Waals surface area (Å²) in [6, 6.07) is 0. The molecule has 1 saturated heterocycles. The van der Waals surface area contributed by atoms with Crippen molar-refractivity contribution < 1.29 is 47.6 Å². The second-order valence-corrected chi connectivity index (χ2v) is 7.92. The summed E-state index contributed by atoms with van der Waals surface area (Å²) in [6.45, 7) is -0.771. The fourth-order valence-electron chi connectivity index (χ4n) is 2.58. The van der Waals surface area contributed by atoms with E-state index in [4.69, 9.17) is 30.0 Å². The number of ether oxygens (including phenoxy) is 1. The molecule has 3 heterocycles. The number of nitrogen functional groups attached to an aromatic ring is 1. The van der Waals surface area contributed by atoms with E-state index in [1.165, 1.54) is 10.9 Å². The molecule has 0 aliphatic carbocycles. The molecule has 28 heavy (non-hydrogen) atoms. The molecule has 7 N–H and O–H groups in total. The Morgan fingerprint density at radius 1 is 1.18 bits per heavy atom. The number of hydrogen-bond acceptors (Lipinski definition) is 10. The van der Waals surface area contributed by atoms with Crippen LogP contribution >= 0.6 is 15.6 Å². The predicted octanol–water partition coefficient (Wildman–Crippen LogP) is -2.13. The van der Waals surface area contributed by atoms with Crippen LogP contribution < -0.4 is 5.73 Å². The number of phosphoric acid groups is 2. The molecule has 4 unspecified atom stereocenters. The number of imidazole rings is 1. The number of aromatic nitrogens is 4. The van der Waals surface area contributed by atoms with Gasteiger partial charge in [-0.05, 0) is 0 Å². The quantitative estimate of drug-likeness (QED) is 0.204. The number of fused-ring (bicyclic) bond motifs is 1. The van der Waals surface area contributed by atoms with Crippen LogP contribution in [0.15, 0.2) is 12.7 Å². The third-order valence-corrected chi connectivity index (χ3v) is 4.64. The molecule has 151 valence electrons. The Morgan fingerprint density at radius 3 is 2.46 bits per heavy atom. The molecule has 1 fully saturated rings. The summed E-state index contributed by atoms with van der Waals surface area (Å²) in [4.78, 5) is 47.5. The SMILES string of the molecule is Nc1ncnc2c1ncn2C1OC(COP(=O)(O)O)C(O)C1OP(=O)(O)O.[Na]. The fraction of sp³-hybridized carbons (Fsp3) is 0.500. The number of aliphatic hydroxyl groups excluding tert-OH is 1. The smallest absolute Gasteiger partial charge is 0.387 e. The zero-order chi connectivity index (χ0) is 20.0. The Kier molecular flexibility index (Phi) is 7.38. The maximum Gasteiger partial charge on any atom is 0.470 e. The number of hydrogen-bond donors (Lipinski definition) is 6. The van der Waals surface area contributed by atoms with Crippen molar-refractivity contribution in [2.24, 2.45) is 0 Å². The van der Waals surface area contributed by atoms with E-state index < -0.39 is 46.8 Å². The Morgan fingerprint density at radius 2 is 1.86 bits per heavy atom. The first-order valence-electron chi connectivity index (χ1n) is 7.17. The van der Waals surface area contributed by atoms with Crippen LogP contribution in [0.4, 0.5) is 5.82 Å².